The van der Waals surface area contributed by atoms with Gasteiger partial charge in [-0.1, -0.05) is 29.8 Å². The van der Waals surface area contributed by atoms with Crippen LogP contribution in [0.25, 0.3) is 16.6 Å². The molecule has 0 fully saturated rings. The lowest BCUT2D eigenvalue weighted by atomic mass is 10.2. The second-order valence-electron chi connectivity index (χ2n) is 4.51. The van der Waals surface area contributed by atoms with Gasteiger partial charge in [-0.05, 0) is 24.3 Å². The predicted octanol–water partition coefficient (Wildman–Crippen LogP) is 3.78. The normalized spacial score (nSPS) is 10.9. The minimum Gasteiger partial charge on any atom is -0.495 e. The number of nitrogens with zero attached hydrogens (tertiary/aromatic N) is 1. The fourth-order valence-corrected chi connectivity index (χ4v) is 2.67. The van der Waals surface area contributed by atoms with Crippen LogP contribution >= 0.6 is 11.6 Å². The van der Waals surface area contributed by atoms with E-state index in [1.807, 2.05) is 53.1 Å². The summed E-state index contributed by atoms with van der Waals surface area (Å²) in [7, 11) is 1.59. The molecular formula is C16H14ClNO2. The van der Waals surface area contributed by atoms with Crippen LogP contribution in [0.2, 0.25) is 5.02 Å². The number of para-hydroxylation sites is 1. The van der Waals surface area contributed by atoms with E-state index in [4.69, 9.17) is 16.3 Å². The van der Waals surface area contributed by atoms with Crippen molar-refractivity contribution in [3.63, 3.8) is 0 Å². The van der Waals surface area contributed by atoms with Crippen molar-refractivity contribution in [2.45, 2.75) is 6.61 Å². The number of ether oxygens (including phenoxy) is 1. The molecule has 1 heterocycles. The van der Waals surface area contributed by atoms with Crippen LogP contribution in [0, 0.1) is 0 Å². The van der Waals surface area contributed by atoms with Gasteiger partial charge in [-0.2, -0.15) is 0 Å². The lowest BCUT2D eigenvalue weighted by Gasteiger charge is -2.10. The molecule has 0 aliphatic carbocycles. The van der Waals surface area contributed by atoms with Gasteiger partial charge in [0, 0.05) is 22.8 Å². The molecule has 4 heteroatoms. The Hall–Kier alpha value is -1.97. The average Bonchev–Trinajstić information content (AvgIpc) is 2.84. The maximum Gasteiger partial charge on any atom is 0.139 e. The maximum atomic E-state index is 9.59. The number of fused-ring (bicyclic) bond motifs is 1. The third-order valence-corrected chi connectivity index (χ3v) is 3.62. The number of hydrogen-bond donors (Lipinski definition) is 1. The highest BCUT2D eigenvalue weighted by molar-refractivity contribution is 6.32. The molecule has 3 nitrogen and oxygen atoms in total. The van der Waals surface area contributed by atoms with E-state index >= 15 is 0 Å². The Morgan fingerprint density at radius 2 is 1.90 bits per heavy atom. The Morgan fingerprint density at radius 1 is 1.15 bits per heavy atom. The number of hydrogen-bond acceptors (Lipinski definition) is 2. The molecule has 0 saturated carbocycles. The van der Waals surface area contributed by atoms with E-state index in [1.54, 1.807) is 7.11 Å². The number of aliphatic hydroxyl groups is 1. The van der Waals surface area contributed by atoms with Gasteiger partial charge in [0.15, 0.2) is 0 Å². The molecule has 20 heavy (non-hydrogen) atoms. The highest BCUT2D eigenvalue weighted by Gasteiger charge is 2.13. The van der Waals surface area contributed by atoms with Crippen LogP contribution in [-0.4, -0.2) is 16.8 Å². The van der Waals surface area contributed by atoms with Gasteiger partial charge in [-0.25, -0.2) is 0 Å². The topological polar surface area (TPSA) is 34.4 Å². The minimum absolute atomic E-state index is 0.0382. The van der Waals surface area contributed by atoms with Crippen molar-refractivity contribution in [2.75, 3.05) is 7.11 Å². The van der Waals surface area contributed by atoms with E-state index in [9.17, 15) is 5.11 Å². The van der Waals surface area contributed by atoms with Crippen LogP contribution in [0.3, 0.4) is 0 Å². The predicted molar refractivity (Wildman–Crippen MR) is 80.8 cm³/mol. The summed E-state index contributed by atoms with van der Waals surface area (Å²) in [5.74, 6) is 0.624. The van der Waals surface area contributed by atoms with Gasteiger partial charge < -0.3 is 14.4 Å². The summed E-state index contributed by atoms with van der Waals surface area (Å²) < 4.78 is 7.29. The Labute approximate surface area is 122 Å². The van der Waals surface area contributed by atoms with Gasteiger partial charge in [0.25, 0.3) is 0 Å². The molecule has 0 unspecified atom stereocenters. The van der Waals surface area contributed by atoms with Crippen molar-refractivity contribution in [2.24, 2.45) is 0 Å². The molecule has 102 valence electrons. The zero-order chi connectivity index (χ0) is 14.1. The van der Waals surface area contributed by atoms with Gasteiger partial charge in [0.05, 0.1) is 24.3 Å². The first-order chi connectivity index (χ1) is 9.74. The number of aliphatic hydroxyl groups excluding tert-OH is 1. The molecule has 3 rings (SSSR count). The summed E-state index contributed by atoms with van der Waals surface area (Å²) in [5.41, 5.74) is 2.77. The van der Waals surface area contributed by atoms with Gasteiger partial charge in [-0.3, -0.25) is 0 Å². The van der Waals surface area contributed by atoms with Crippen molar-refractivity contribution in [3.8, 4) is 11.4 Å². The van der Waals surface area contributed by atoms with Crippen LogP contribution in [0.4, 0.5) is 0 Å². The van der Waals surface area contributed by atoms with Crippen molar-refractivity contribution in [1.82, 2.24) is 4.57 Å². The molecule has 0 radical (unpaired) electrons. The van der Waals surface area contributed by atoms with E-state index in [2.05, 4.69) is 0 Å². The molecule has 0 spiro atoms. The SMILES string of the molecule is COc1cc2c(cc1Cl)cc(CO)n2-c1ccccc1. The molecule has 0 saturated heterocycles. The summed E-state index contributed by atoms with van der Waals surface area (Å²) >= 11 is 6.16. The fourth-order valence-electron chi connectivity index (χ4n) is 2.42. The second-order valence-corrected chi connectivity index (χ2v) is 4.92. The number of aromatic nitrogens is 1. The van der Waals surface area contributed by atoms with Gasteiger partial charge in [0.1, 0.15) is 5.75 Å². The summed E-state index contributed by atoms with van der Waals surface area (Å²) in [6.07, 6.45) is 0. The third-order valence-electron chi connectivity index (χ3n) is 3.33. The Bertz CT molecular complexity index is 750. The lowest BCUT2D eigenvalue weighted by molar-refractivity contribution is 0.275. The molecule has 1 aromatic heterocycles. The third kappa shape index (κ3) is 2.05. The highest BCUT2D eigenvalue weighted by Crippen LogP contribution is 2.33. The van der Waals surface area contributed by atoms with Crippen LogP contribution in [0.5, 0.6) is 5.75 Å². The smallest absolute Gasteiger partial charge is 0.139 e. The Kier molecular flexibility index (Phi) is 3.38. The summed E-state index contributed by atoms with van der Waals surface area (Å²) in [6, 6.07) is 15.6. The standard InChI is InChI=1S/C16H14ClNO2/c1-20-16-9-15-11(8-14(16)17)7-13(10-19)18(15)12-5-3-2-4-6-12/h2-9,19H,10H2,1H3. The first kappa shape index (κ1) is 13.0. The Morgan fingerprint density at radius 3 is 2.55 bits per heavy atom. The monoisotopic (exact) mass is 287 g/mol. The van der Waals surface area contributed by atoms with Crippen LogP contribution in [-0.2, 0) is 6.61 Å². The van der Waals surface area contributed by atoms with Crippen molar-refractivity contribution in [3.05, 3.63) is 59.2 Å². The molecule has 0 atom stereocenters. The maximum absolute atomic E-state index is 9.59. The quantitative estimate of drug-likeness (QED) is 0.795. The molecular weight excluding hydrogens is 274 g/mol. The van der Waals surface area contributed by atoms with E-state index in [0.29, 0.717) is 10.8 Å². The molecule has 0 aliphatic heterocycles. The van der Waals surface area contributed by atoms with Gasteiger partial charge >= 0.3 is 0 Å². The summed E-state index contributed by atoms with van der Waals surface area (Å²) in [5, 5.41) is 11.1. The van der Waals surface area contributed by atoms with Crippen LogP contribution in [0.1, 0.15) is 5.69 Å². The summed E-state index contributed by atoms with van der Waals surface area (Å²) in [6.45, 7) is -0.0382. The number of rotatable bonds is 3. The number of halogens is 1. The first-order valence-electron chi connectivity index (χ1n) is 6.28. The zero-order valence-electron chi connectivity index (χ0n) is 11.0. The zero-order valence-corrected chi connectivity index (χ0v) is 11.8. The highest BCUT2D eigenvalue weighted by atomic mass is 35.5. The van der Waals surface area contributed by atoms with E-state index in [-0.39, 0.29) is 6.61 Å². The van der Waals surface area contributed by atoms with Crippen molar-refractivity contribution < 1.29 is 9.84 Å². The molecule has 2 aromatic carbocycles. The largest absolute Gasteiger partial charge is 0.495 e. The van der Waals surface area contributed by atoms with Crippen LogP contribution in [0.15, 0.2) is 48.5 Å². The average molecular weight is 288 g/mol. The van der Waals surface area contributed by atoms with E-state index < -0.39 is 0 Å². The van der Waals surface area contributed by atoms with E-state index in [0.717, 1.165) is 22.3 Å². The Balaban J connectivity index is 2.34. The van der Waals surface area contributed by atoms with E-state index in [1.165, 1.54) is 0 Å². The van der Waals surface area contributed by atoms with Gasteiger partial charge in [-0.15, -0.1) is 0 Å². The molecule has 0 amide bonds. The minimum atomic E-state index is -0.0382. The van der Waals surface area contributed by atoms with Crippen molar-refractivity contribution >= 4 is 22.5 Å². The molecule has 3 aromatic rings. The second kappa shape index (κ2) is 5.19. The molecule has 1 N–H and O–H groups in total. The summed E-state index contributed by atoms with van der Waals surface area (Å²) in [4.78, 5) is 0. The fraction of sp³-hybridized carbons (Fsp3) is 0.125. The number of benzene rings is 2. The van der Waals surface area contributed by atoms with Gasteiger partial charge in [0.2, 0.25) is 0 Å². The molecule has 0 bridgehead atoms. The first-order valence-corrected chi connectivity index (χ1v) is 6.66. The van der Waals surface area contributed by atoms with Crippen LogP contribution < -0.4 is 4.74 Å². The van der Waals surface area contributed by atoms with Crippen molar-refractivity contribution in [1.29, 1.82) is 0 Å². The lowest BCUT2D eigenvalue weighted by Crippen LogP contribution is -1.99. The number of methoxy groups -OCH3 is 1. The molecule has 0 aliphatic rings.